The zero-order chi connectivity index (χ0) is 23.1. The Labute approximate surface area is 180 Å². The Bertz CT molecular complexity index is 1180. The van der Waals surface area contributed by atoms with Gasteiger partial charge in [-0.25, -0.2) is 0 Å². The molecule has 2 amide bonds. The number of nitrogens with zero attached hydrogens (tertiary/aromatic N) is 2. The lowest BCUT2D eigenvalue weighted by atomic mass is 10.2. The summed E-state index contributed by atoms with van der Waals surface area (Å²) in [6.45, 7) is -0.482. The summed E-state index contributed by atoms with van der Waals surface area (Å²) in [6, 6.07) is 17.8. The molecule has 0 saturated heterocycles. The molecule has 0 radical (unpaired) electrons. The maximum atomic E-state index is 12.2. The lowest BCUT2D eigenvalue weighted by molar-refractivity contribution is -0.393. The van der Waals surface area contributed by atoms with Crippen LogP contribution in [0.25, 0.3) is 0 Å². The second kappa shape index (κ2) is 9.80. The van der Waals surface area contributed by atoms with Crippen LogP contribution in [0.3, 0.4) is 0 Å². The van der Waals surface area contributed by atoms with E-state index in [1.807, 2.05) is 0 Å². The number of nitrogens with one attached hydrogen (secondary N) is 2. The first kappa shape index (κ1) is 21.9. The van der Waals surface area contributed by atoms with E-state index in [0.29, 0.717) is 11.3 Å². The Morgan fingerprint density at radius 3 is 2.28 bits per heavy atom. The van der Waals surface area contributed by atoms with E-state index in [-0.39, 0.29) is 17.3 Å². The average molecular weight is 436 g/mol. The van der Waals surface area contributed by atoms with Gasteiger partial charge in [-0.1, -0.05) is 24.3 Å². The van der Waals surface area contributed by atoms with Crippen molar-refractivity contribution >= 4 is 34.6 Å². The van der Waals surface area contributed by atoms with Crippen molar-refractivity contribution in [2.24, 2.45) is 0 Å². The van der Waals surface area contributed by atoms with Gasteiger partial charge >= 0.3 is 0 Å². The maximum Gasteiger partial charge on any atom is 0.299 e. The molecule has 11 nitrogen and oxygen atoms in total. The van der Waals surface area contributed by atoms with Crippen LogP contribution in [-0.4, -0.2) is 28.3 Å². The molecule has 162 valence electrons. The van der Waals surface area contributed by atoms with Crippen LogP contribution in [-0.2, 0) is 4.79 Å². The predicted octanol–water partition coefficient (Wildman–Crippen LogP) is 3.77. The van der Waals surface area contributed by atoms with Crippen molar-refractivity contribution in [3.8, 4) is 5.75 Å². The van der Waals surface area contributed by atoms with Gasteiger partial charge < -0.3 is 15.4 Å². The van der Waals surface area contributed by atoms with Crippen molar-refractivity contribution in [2.75, 3.05) is 17.2 Å². The molecule has 0 unspecified atom stereocenters. The molecule has 0 bridgehead atoms. The van der Waals surface area contributed by atoms with Gasteiger partial charge in [-0.2, -0.15) is 0 Å². The maximum absolute atomic E-state index is 12.2. The molecule has 0 fully saturated rings. The summed E-state index contributed by atoms with van der Waals surface area (Å²) in [6.07, 6.45) is 0. The number of nitro groups is 2. The van der Waals surface area contributed by atoms with Crippen molar-refractivity contribution in [3.05, 3.63) is 98.6 Å². The van der Waals surface area contributed by atoms with Gasteiger partial charge in [0.15, 0.2) is 6.61 Å². The van der Waals surface area contributed by atoms with E-state index in [2.05, 4.69) is 10.6 Å². The minimum atomic E-state index is -0.831. The van der Waals surface area contributed by atoms with Crippen LogP contribution in [0.1, 0.15) is 10.4 Å². The Hall–Kier alpha value is -4.80. The SMILES string of the molecule is O=C(COc1cccc(NC(=O)c2ccccc2)c1)Nc1ccc([N+](=O)[O-])cc1[N+](=O)[O-]. The standard InChI is InChI=1S/C21H16N4O7/c26-20(23-18-10-9-16(24(28)29)12-19(18)25(30)31)13-32-17-8-4-7-15(11-17)22-21(27)14-5-2-1-3-6-14/h1-12H,13H2,(H,22,27)(H,23,26). The molecule has 11 heteroatoms. The summed E-state index contributed by atoms with van der Waals surface area (Å²) < 4.78 is 5.39. The van der Waals surface area contributed by atoms with Crippen LogP contribution < -0.4 is 15.4 Å². The van der Waals surface area contributed by atoms with E-state index in [9.17, 15) is 29.8 Å². The average Bonchev–Trinajstić information content (AvgIpc) is 2.78. The van der Waals surface area contributed by atoms with E-state index in [0.717, 1.165) is 18.2 Å². The van der Waals surface area contributed by atoms with Crippen molar-refractivity contribution < 1.29 is 24.2 Å². The summed E-state index contributed by atoms with van der Waals surface area (Å²) in [7, 11) is 0. The van der Waals surface area contributed by atoms with Gasteiger partial charge in [-0.05, 0) is 30.3 Å². The van der Waals surface area contributed by atoms with Crippen LogP contribution in [0.15, 0.2) is 72.8 Å². The summed E-state index contributed by atoms with van der Waals surface area (Å²) in [4.78, 5) is 44.7. The molecule has 0 saturated carbocycles. The number of non-ortho nitro benzene ring substituents is 1. The molecule has 3 rings (SSSR count). The number of ether oxygens (including phenoxy) is 1. The third-order valence-electron chi connectivity index (χ3n) is 4.16. The molecule has 0 spiro atoms. The summed E-state index contributed by atoms with van der Waals surface area (Å²) in [5.41, 5.74) is -0.359. The Morgan fingerprint density at radius 2 is 1.59 bits per heavy atom. The molecular formula is C21H16N4O7. The second-order valence-corrected chi connectivity index (χ2v) is 6.40. The van der Waals surface area contributed by atoms with Crippen molar-refractivity contribution in [3.63, 3.8) is 0 Å². The molecule has 0 aliphatic heterocycles. The molecule has 3 aromatic carbocycles. The monoisotopic (exact) mass is 436 g/mol. The molecule has 3 aromatic rings. The zero-order valence-corrected chi connectivity index (χ0v) is 16.4. The number of benzene rings is 3. The van der Waals surface area contributed by atoms with Crippen LogP contribution >= 0.6 is 0 Å². The fourth-order valence-electron chi connectivity index (χ4n) is 2.68. The van der Waals surface area contributed by atoms with Crippen molar-refractivity contribution in [1.82, 2.24) is 0 Å². The number of hydrogen-bond donors (Lipinski definition) is 2. The number of carbonyl (C=O) groups excluding carboxylic acids is 2. The third kappa shape index (κ3) is 5.63. The van der Waals surface area contributed by atoms with Crippen LogP contribution in [0, 0.1) is 20.2 Å². The summed E-state index contributed by atoms with van der Waals surface area (Å²) >= 11 is 0. The molecule has 0 aliphatic carbocycles. The fourth-order valence-corrected chi connectivity index (χ4v) is 2.68. The van der Waals surface area contributed by atoms with Gasteiger partial charge in [0.05, 0.1) is 15.9 Å². The lowest BCUT2D eigenvalue weighted by Gasteiger charge is -2.10. The van der Waals surface area contributed by atoms with E-state index in [1.165, 1.54) is 6.07 Å². The number of carbonyl (C=O) groups is 2. The van der Waals surface area contributed by atoms with Crippen LogP contribution in [0.2, 0.25) is 0 Å². The van der Waals surface area contributed by atoms with E-state index in [4.69, 9.17) is 4.74 Å². The molecule has 0 aliphatic rings. The minimum Gasteiger partial charge on any atom is -0.484 e. The van der Waals surface area contributed by atoms with Crippen molar-refractivity contribution in [1.29, 1.82) is 0 Å². The van der Waals surface area contributed by atoms with Gasteiger partial charge in [0.2, 0.25) is 0 Å². The van der Waals surface area contributed by atoms with E-state index in [1.54, 1.807) is 48.5 Å². The molecule has 2 N–H and O–H groups in total. The van der Waals surface area contributed by atoms with Crippen molar-refractivity contribution in [2.45, 2.75) is 0 Å². The molecule has 0 heterocycles. The number of anilines is 2. The highest BCUT2D eigenvalue weighted by Crippen LogP contribution is 2.29. The fraction of sp³-hybridized carbons (Fsp3) is 0.0476. The van der Waals surface area contributed by atoms with Gasteiger partial charge in [0.25, 0.3) is 23.2 Å². The Kier molecular flexibility index (Phi) is 6.71. The molecular weight excluding hydrogens is 420 g/mol. The van der Waals surface area contributed by atoms with E-state index >= 15 is 0 Å². The van der Waals surface area contributed by atoms with Crippen LogP contribution in [0.4, 0.5) is 22.7 Å². The van der Waals surface area contributed by atoms with Crippen LogP contribution in [0.5, 0.6) is 5.75 Å². The second-order valence-electron chi connectivity index (χ2n) is 6.40. The third-order valence-corrected chi connectivity index (χ3v) is 4.16. The van der Waals surface area contributed by atoms with Gasteiger partial charge in [-0.3, -0.25) is 29.8 Å². The normalized spacial score (nSPS) is 10.1. The first-order valence-corrected chi connectivity index (χ1v) is 9.15. The number of amides is 2. The largest absolute Gasteiger partial charge is 0.484 e. The van der Waals surface area contributed by atoms with E-state index < -0.39 is 33.7 Å². The number of rotatable bonds is 8. The highest BCUT2D eigenvalue weighted by atomic mass is 16.6. The molecule has 0 aromatic heterocycles. The Balaban J connectivity index is 1.62. The Morgan fingerprint density at radius 1 is 0.844 bits per heavy atom. The highest BCUT2D eigenvalue weighted by molar-refractivity contribution is 6.04. The van der Waals surface area contributed by atoms with Gasteiger partial charge in [0.1, 0.15) is 11.4 Å². The quantitative estimate of drug-likeness (QED) is 0.402. The number of nitro benzene ring substituents is 2. The lowest BCUT2D eigenvalue weighted by Crippen LogP contribution is -2.21. The predicted molar refractivity (Wildman–Crippen MR) is 115 cm³/mol. The minimum absolute atomic E-state index is 0.196. The topological polar surface area (TPSA) is 154 Å². The number of hydrogen-bond acceptors (Lipinski definition) is 7. The zero-order valence-electron chi connectivity index (χ0n) is 16.4. The summed E-state index contributed by atoms with van der Waals surface area (Å²) in [5, 5.41) is 27.0. The molecule has 0 atom stereocenters. The summed E-state index contributed by atoms with van der Waals surface area (Å²) in [5.74, 6) is -0.740. The molecule has 32 heavy (non-hydrogen) atoms. The smallest absolute Gasteiger partial charge is 0.299 e. The first-order chi connectivity index (χ1) is 15.3. The van der Waals surface area contributed by atoms with Gasteiger partial charge in [-0.15, -0.1) is 0 Å². The highest BCUT2D eigenvalue weighted by Gasteiger charge is 2.21. The first-order valence-electron chi connectivity index (χ1n) is 9.15. The van der Waals surface area contributed by atoms with Gasteiger partial charge in [0, 0.05) is 23.4 Å².